The van der Waals surface area contributed by atoms with Gasteiger partial charge in [-0.15, -0.1) is 0 Å². The lowest BCUT2D eigenvalue weighted by Crippen LogP contribution is -2.12. The molecule has 0 bridgehead atoms. The molecule has 0 atom stereocenters. The maximum absolute atomic E-state index is 11.5. The molecule has 7 heteroatoms. The molecule has 6 nitrogen and oxygen atoms in total. The Labute approximate surface area is 106 Å². The van der Waals surface area contributed by atoms with Crippen molar-refractivity contribution in [3.63, 3.8) is 0 Å². The molecule has 2 N–H and O–H groups in total. The number of rotatable bonds is 5. The van der Waals surface area contributed by atoms with E-state index < -0.39 is 16.3 Å². The number of carbonyl (C=O) groups is 1. The van der Waals surface area contributed by atoms with E-state index in [1.807, 2.05) is 18.6 Å². The fraction of sp³-hybridized carbons (Fsp3) is 0.364. The van der Waals surface area contributed by atoms with Crippen LogP contribution in [0.15, 0.2) is 24.3 Å². The summed E-state index contributed by atoms with van der Waals surface area (Å²) in [5.74, 6) is -0.225. The quantitative estimate of drug-likeness (QED) is 0.629. The Hall–Kier alpha value is -1.60. The Kier molecular flexibility index (Phi) is 4.69. The first kappa shape index (κ1) is 14.5. The molecule has 0 radical (unpaired) electrons. The van der Waals surface area contributed by atoms with Crippen molar-refractivity contribution in [3.8, 4) is 0 Å². The summed E-state index contributed by atoms with van der Waals surface area (Å²) >= 11 is 0. The van der Waals surface area contributed by atoms with Gasteiger partial charge in [0, 0.05) is 0 Å². The molecule has 1 rings (SSSR count). The van der Waals surface area contributed by atoms with E-state index in [0.29, 0.717) is 12.2 Å². The first-order chi connectivity index (χ1) is 8.28. The molecule has 0 heterocycles. The van der Waals surface area contributed by atoms with Crippen molar-refractivity contribution in [1.82, 2.24) is 0 Å². The zero-order valence-corrected chi connectivity index (χ0v) is 10.9. The Morgan fingerprint density at radius 3 is 2.33 bits per heavy atom. The number of benzene rings is 1. The fourth-order valence-electron chi connectivity index (χ4n) is 1.15. The molecule has 100 valence electrons. The summed E-state index contributed by atoms with van der Waals surface area (Å²) in [6, 6.07) is 5.55. The van der Waals surface area contributed by atoms with Gasteiger partial charge in [-0.25, -0.2) is 4.79 Å². The van der Waals surface area contributed by atoms with Gasteiger partial charge >= 0.3 is 16.3 Å². The van der Waals surface area contributed by atoms with Gasteiger partial charge in [0.2, 0.25) is 0 Å². The Morgan fingerprint density at radius 2 is 1.89 bits per heavy atom. The van der Waals surface area contributed by atoms with E-state index in [1.165, 1.54) is 24.3 Å². The highest BCUT2D eigenvalue weighted by atomic mass is 32.2. The van der Waals surface area contributed by atoms with Crippen LogP contribution in [0.5, 0.6) is 0 Å². The average Bonchev–Trinajstić information content (AvgIpc) is 2.24. The fourth-order valence-corrected chi connectivity index (χ4v) is 1.58. The molecule has 0 fully saturated rings. The molecule has 0 aromatic heterocycles. The lowest BCUT2D eigenvalue weighted by atomic mass is 10.2. The van der Waals surface area contributed by atoms with Crippen molar-refractivity contribution in [1.29, 1.82) is 0 Å². The third kappa shape index (κ3) is 5.15. The minimum absolute atomic E-state index is 0.165. The third-order valence-electron chi connectivity index (χ3n) is 1.92. The third-order valence-corrected chi connectivity index (χ3v) is 2.41. The maximum Gasteiger partial charge on any atom is 0.357 e. The van der Waals surface area contributed by atoms with Crippen molar-refractivity contribution in [2.45, 2.75) is 13.8 Å². The van der Waals surface area contributed by atoms with Crippen LogP contribution in [0.3, 0.4) is 0 Å². The van der Waals surface area contributed by atoms with Gasteiger partial charge < -0.3 is 4.74 Å². The lowest BCUT2D eigenvalue weighted by Gasteiger charge is -2.07. The summed E-state index contributed by atoms with van der Waals surface area (Å²) in [5, 5.41) is 0. The summed E-state index contributed by atoms with van der Waals surface area (Å²) in [7, 11) is -4.30. The number of esters is 1. The number of carbonyl (C=O) groups excluding carboxylic acids is 1. The maximum atomic E-state index is 11.5. The van der Waals surface area contributed by atoms with E-state index in [-0.39, 0.29) is 11.6 Å². The highest BCUT2D eigenvalue weighted by Gasteiger charge is 2.09. The van der Waals surface area contributed by atoms with Crippen LogP contribution in [0, 0.1) is 5.92 Å². The smallest absolute Gasteiger partial charge is 0.357 e. The molecule has 0 amide bonds. The van der Waals surface area contributed by atoms with Crippen LogP contribution in [-0.2, 0) is 15.0 Å². The summed E-state index contributed by atoms with van der Waals surface area (Å²) in [5.41, 5.74) is 0.481. The first-order valence-electron chi connectivity index (χ1n) is 5.30. The van der Waals surface area contributed by atoms with Crippen molar-refractivity contribution < 1.29 is 22.5 Å². The zero-order valence-electron chi connectivity index (χ0n) is 10.1. The van der Waals surface area contributed by atoms with E-state index in [4.69, 9.17) is 9.29 Å². The summed E-state index contributed by atoms with van der Waals surface area (Å²) in [6.45, 7) is 4.17. The highest BCUT2D eigenvalue weighted by molar-refractivity contribution is 7.87. The predicted molar refractivity (Wildman–Crippen MR) is 66.7 cm³/mol. The molecular weight excluding hydrogens is 258 g/mol. The highest BCUT2D eigenvalue weighted by Crippen LogP contribution is 2.12. The predicted octanol–water partition coefficient (Wildman–Crippen LogP) is 1.71. The lowest BCUT2D eigenvalue weighted by molar-refractivity contribution is 0.0459. The van der Waals surface area contributed by atoms with Gasteiger partial charge in [0.1, 0.15) is 0 Å². The molecule has 0 spiro atoms. The Balaban J connectivity index is 2.68. The minimum Gasteiger partial charge on any atom is -0.462 e. The SMILES string of the molecule is CC(C)COC(=O)c1ccc(NS(=O)(=O)O)cc1. The number of nitrogens with one attached hydrogen (secondary N) is 1. The Morgan fingerprint density at radius 1 is 1.33 bits per heavy atom. The van der Waals surface area contributed by atoms with E-state index in [9.17, 15) is 13.2 Å². The van der Waals surface area contributed by atoms with Gasteiger partial charge in [-0.2, -0.15) is 8.42 Å². The molecule has 0 aliphatic carbocycles. The van der Waals surface area contributed by atoms with Crippen LogP contribution < -0.4 is 4.72 Å². The molecule has 0 saturated carbocycles. The number of hydrogen-bond donors (Lipinski definition) is 2. The molecule has 0 unspecified atom stereocenters. The van der Waals surface area contributed by atoms with Gasteiger partial charge in [-0.3, -0.25) is 9.27 Å². The number of anilines is 1. The van der Waals surface area contributed by atoms with Crippen LogP contribution in [-0.4, -0.2) is 25.5 Å². The molecule has 18 heavy (non-hydrogen) atoms. The van der Waals surface area contributed by atoms with Crippen molar-refractivity contribution in [3.05, 3.63) is 29.8 Å². The summed E-state index contributed by atoms with van der Waals surface area (Å²) in [4.78, 5) is 11.5. The van der Waals surface area contributed by atoms with Gasteiger partial charge in [-0.1, -0.05) is 13.8 Å². The topological polar surface area (TPSA) is 92.7 Å². The second-order valence-corrected chi connectivity index (χ2v) is 5.30. The van der Waals surface area contributed by atoms with Gasteiger partial charge in [0.25, 0.3) is 0 Å². The van der Waals surface area contributed by atoms with E-state index >= 15 is 0 Å². The van der Waals surface area contributed by atoms with Crippen molar-refractivity contribution in [2.75, 3.05) is 11.3 Å². The van der Waals surface area contributed by atoms with Crippen LogP contribution in [0.1, 0.15) is 24.2 Å². The molecule has 0 saturated heterocycles. The van der Waals surface area contributed by atoms with Crippen molar-refractivity contribution >= 4 is 22.0 Å². The summed E-state index contributed by atoms with van der Waals surface area (Å²) < 4.78 is 36.5. The van der Waals surface area contributed by atoms with Crippen LogP contribution in [0.4, 0.5) is 5.69 Å². The standard InChI is InChI=1S/C11H15NO5S/c1-8(2)7-17-11(13)9-3-5-10(6-4-9)12-18(14,15)16/h3-6,8,12H,7H2,1-2H3,(H,14,15,16). The second kappa shape index (κ2) is 5.83. The van der Waals surface area contributed by atoms with Crippen LogP contribution in [0.2, 0.25) is 0 Å². The van der Waals surface area contributed by atoms with Crippen LogP contribution >= 0.6 is 0 Å². The molecule has 1 aromatic carbocycles. The molecule has 0 aliphatic heterocycles. The normalized spacial score (nSPS) is 11.3. The van der Waals surface area contributed by atoms with Gasteiger partial charge in [-0.05, 0) is 30.2 Å². The van der Waals surface area contributed by atoms with Gasteiger partial charge in [0.05, 0.1) is 17.9 Å². The Bertz CT molecular complexity index is 507. The van der Waals surface area contributed by atoms with E-state index in [2.05, 4.69) is 0 Å². The monoisotopic (exact) mass is 273 g/mol. The van der Waals surface area contributed by atoms with E-state index in [1.54, 1.807) is 0 Å². The molecule has 1 aromatic rings. The zero-order chi connectivity index (χ0) is 13.8. The second-order valence-electron chi connectivity index (χ2n) is 4.15. The average molecular weight is 273 g/mol. The van der Waals surface area contributed by atoms with Crippen molar-refractivity contribution in [2.24, 2.45) is 5.92 Å². The molecule has 0 aliphatic rings. The number of ether oxygens (including phenoxy) is 1. The first-order valence-corrected chi connectivity index (χ1v) is 6.74. The largest absolute Gasteiger partial charge is 0.462 e. The van der Waals surface area contributed by atoms with E-state index in [0.717, 1.165) is 0 Å². The summed E-state index contributed by atoms with van der Waals surface area (Å²) in [6.07, 6.45) is 0. The number of hydrogen-bond acceptors (Lipinski definition) is 4. The molecular formula is C11H15NO5S. The van der Waals surface area contributed by atoms with Gasteiger partial charge in [0.15, 0.2) is 0 Å². The minimum atomic E-state index is -4.30. The van der Waals surface area contributed by atoms with Crippen LogP contribution in [0.25, 0.3) is 0 Å².